The minimum absolute atomic E-state index is 0.268. The van der Waals surface area contributed by atoms with Gasteiger partial charge in [0.05, 0.1) is 5.69 Å². The molecule has 3 aromatic rings. The highest BCUT2D eigenvalue weighted by atomic mass is 16.5. The molecule has 0 unspecified atom stereocenters. The zero-order valence-electron chi connectivity index (χ0n) is 11.4. The molecule has 5 heteroatoms. The Bertz CT molecular complexity index is 771. The lowest BCUT2D eigenvalue weighted by Crippen LogP contribution is -2.00. The van der Waals surface area contributed by atoms with E-state index in [1.807, 2.05) is 0 Å². The Labute approximate surface area is 121 Å². The van der Waals surface area contributed by atoms with Gasteiger partial charge in [0.2, 0.25) is 0 Å². The van der Waals surface area contributed by atoms with Crippen LogP contribution in [-0.2, 0) is 12.8 Å². The minimum atomic E-state index is 0.268. The molecule has 1 aliphatic carbocycles. The SMILES string of the molecule is Nc1cccnc1-c1nc(C2Cc3ccccc3C2)no1. The number of hydrogen-bond donors (Lipinski definition) is 1. The first-order chi connectivity index (χ1) is 10.3. The summed E-state index contributed by atoms with van der Waals surface area (Å²) in [7, 11) is 0. The molecule has 104 valence electrons. The quantitative estimate of drug-likeness (QED) is 0.779. The van der Waals surface area contributed by atoms with E-state index in [0.717, 1.165) is 18.7 Å². The van der Waals surface area contributed by atoms with Gasteiger partial charge in [-0.3, -0.25) is 0 Å². The van der Waals surface area contributed by atoms with Crippen LogP contribution >= 0.6 is 0 Å². The number of pyridine rings is 1. The first kappa shape index (κ1) is 12.1. The molecule has 5 nitrogen and oxygen atoms in total. The second kappa shape index (κ2) is 4.70. The van der Waals surface area contributed by atoms with Crippen LogP contribution in [0.4, 0.5) is 5.69 Å². The monoisotopic (exact) mass is 278 g/mol. The maximum Gasteiger partial charge on any atom is 0.278 e. The number of anilines is 1. The molecule has 0 atom stereocenters. The van der Waals surface area contributed by atoms with Crippen molar-refractivity contribution >= 4 is 5.69 Å². The molecular weight excluding hydrogens is 264 g/mol. The zero-order chi connectivity index (χ0) is 14.2. The molecule has 0 saturated heterocycles. The molecule has 2 N–H and O–H groups in total. The maximum absolute atomic E-state index is 5.89. The molecule has 1 aromatic carbocycles. The van der Waals surface area contributed by atoms with E-state index in [1.54, 1.807) is 18.3 Å². The van der Waals surface area contributed by atoms with E-state index in [0.29, 0.717) is 17.3 Å². The van der Waals surface area contributed by atoms with Crippen LogP contribution in [0, 0.1) is 0 Å². The van der Waals surface area contributed by atoms with Crippen LogP contribution in [0.25, 0.3) is 11.6 Å². The molecule has 0 aliphatic heterocycles. The van der Waals surface area contributed by atoms with Crippen LogP contribution in [0.5, 0.6) is 0 Å². The number of nitrogens with two attached hydrogens (primary N) is 1. The van der Waals surface area contributed by atoms with E-state index in [9.17, 15) is 0 Å². The Morgan fingerprint density at radius 1 is 1.05 bits per heavy atom. The Morgan fingerprint density at radius 2 is 1.81 bits per heavy atom. The lowest BCUT2D eigenvalue weighted by atomic mass is 10.1. The fourth-order valence-electron chi connectivity index (χ4n) is 2.83. The summed E-state index contributed by atoms with van der Waals surface area (Å²) in [6.07, 6.45) is 3.57. The summed E-state index contributed by atoms with van der Waals surface area (Å²) in [4.78, 5) is 8.69. The van der Waals surface area contributed by atoms with Gasteiger partial charge in [0.25, 0.3) is 5.89 Å². The van der Waals surface area contributed by atoms with Crippen molar-refractivity contribution in [3.05, 3.63) is 59.5 Å². The normalized spacial score (nSPS) is 14.3. The predicted molar refractivity (Wildman–Crippen MR) is 78.5 cm³/mol. The van der Waals surface area contributed by atoms with Crippen molar-refractivity contribution < 1.29 is 4.52 Å². The van der Waals surface area contributed by atoms with Gasteiger partial charge in [0.15, 0.2) is 11.5 Å². The highest BCUT2D eigenvalue weighted by Crippen LogP contribution is 2.33. The van der Waals surface area contributed by atoms with Crippen LogP contribution in [0.3, 0.4) is 0 Å². The first-order valence-electron chi connectivity index (χ1n) is 6.92. The van der Waals surface area contributed by atoms with Crippen molar-refractivity contribution in [3.8, 4) is 11.6 Å². The van der Waals surface area contributed by atoms with Gasteiger partial charge in [-0.1, -0.05) is 29.4 Å². The average Bonchev–Trinajstić information content (AvgIpc) is 3.14. The summed E-state index contributed by atoms with van der Waals surface area (Å²) >= 11 is 0. The third-order valence-corrected chi connectivity index (χ3v) is 3.90. The van der Waals surface area contributed by atoms with Crippen molar-refractivity contribution in [2.45, 2.75) is 18.8 Å². The number of rotatable bonds is 2. The molecule has 0 amide bonds. The van der Waals surface area contributed by atoms with E-state index in [-0.39, 0.29) is 5.92 Å². The highest BCUT2D eigenvalue weighted by Gasteiger charge is 2.27. The molecule has 0 saturated carbocycles. The van der Waals surface area contributed by atoms with Crippen LogP contribution in [0.1, 0.15) is 22.9 Å². The standard InChI is InChI=1S/C16H14N4O/c17-13-6-3-7-18-14(13)16-19-15(20-21-16)12-8-10-4-1-2-5-11(10)9-12/h1-7,12H,8-9,17H2. The van der Waals surface area contributed by atoms with Crippen LogP contribution < -0.4 is 5.73 Å². The molecule has 0 fully saturated rings. The topological polar surface area (TPSA) is 77.8 Å². The Hall–Kier alpha value is -2.69. The van der Waals surface area contributed by atoms with Crippen LogP contribution in [-0.4, -0.2) is 15.1 Å². The summed E-state index contributed by atoms with van der Waals surface area (Å²) in [5.74, 6) is 1.38. The Kier molecular flexibility index (Phi) is 2.70. The summed E-state index contributed by atoms with van der Waals surface area (Å²) in [5.41, 5.74) is 9.72. The largest absolute Gasteiger partial charge is 0.397 e. The minimum Gasteiger partial charge on any atom is -0.397 e. The first-order valence-corrected chi connectivity index (χ1v) is 6.92. The molecule has 2 heterocycles. The van der Waals surface area contributed by atoms with E-state index in [4.69, 9.17) is 10.3 Å². The Morgan fingerprint density at radius 3 is 2.52 bits per heavy atom. The molecule has 0 spiro atoms. The van der Waals surface area contributed by atoms with E-state index >= 15 is 0 Å². The van der Waals surface area contributed by atoms with E-state index in [1.165, 1.54) is 11.1 Å². The summed E-state index contributed by atoms with van der Waals surface area (Å²) in [5, 5.41) is 4.12. The van der Waals surface area contributed by atoms with Gasteiger partial charge in [-0.05, 0) is 36.1 Å². The van der Waals surface area contributed by atoms with Gasteiger partial charge in [0, 0.05) is 12.1 Å². The van der Waals surface area contributed by atoms with Gasteiger partial charge in [-0.15, -0.1) is 0 Å². The van der Waals surface area contributed by atoms with Crippen molar-refractivity contribution in [1.82, 2.24) is 15.1 Å². The highest BCUT2D eigenvalue weighted by molar-refractivity contribution is 5.65. The van der Waals surface area contributed by atoms with E-state index < -0.39 is 0 Å². The molecule has 4 rings (SSSR count). The Balaban J connectivity index is 1.63. The second-order valence-electron chi connectivity index (χ2n) is 5.27. The number of hydrogen-bond acceptors (Lipinski definition) is 5. The average molecular weight is 278 g/mol. The van der Waals surface area contributed by atoms with Crippen molar-refractivity contribution in [3.63, 3.8) is 0 Å². The van der Waals surface area contributed by atoms with Crippen LogP contribution in [0.15, 0.2) is 47.1 Å². The van der Waals surface area contributed by atoms with Gasteiger partial charge < -0.3 is 10.3 Å². The summed E-state index contributed by atoms with van der Waals surface area (Å²) in [6.45, 7) is 0. The fourth-order valence-corrected chi connectivity index (χ4v) is 2.83. The summed E-state index contributed by atoms with van der Waals surface area (Å²) < 4.78 is 5.34. The molecule has 0 radical (unpaired) electrons. The number of nitrogen functional groups attached to an aromatic ring is 1. The summed E-state index contributed by atoms with van der Waals surface area (Å²) in [6, 6.07) is 12.0. The van der Waals surface area contributed by atoms with Gasteiger partial charge in [-0.2, -0.15) is 4.98 Å². The molecular formula is C16H14N4O. The number of nitrogens with zero attached hydrogens (tertiary/aromatic N) is 3. The fraction of sp³-hybridized carbons (Fsp3) is 0.188. The predicted octanol–water partition coefficient (Wildman–Crippen LogP) is 2.60. The van der Waals surface area contributed by atoms with Crippen molar-refractivity contribution in [2.24, 2.45) is 0 Å². The number of fused-ring (bicyclic) bond motifs is 1. The van der Waals surface area contributed by atoms with E-state index in [2.05, 4.69) is 39.4 Å². The molecule has 2 aromatic heterocycles. The lowest BCUT2D eigenvalue weighted by Gasteiger charge is -2.01. The van der Waals surface area contributed by atoms with Crippen LogP contribution in [0.2, 0.25) is 0 Å². The number of aromatic nitrogens is 3. The number of benzene rings is 1. The molecule has 21 heavy (non-hydrogen) atoms. The molecule has 0 bridgehead atoms. The van der Waals surface area contributed by atoms with Gasteiger partial charge in [0.1, 0.15) is 0 Å². The third kappa shape index (κ3) is 2.07. The van der Waals surface area contributed by atoms with Gasteiger partial charge >= 0.3 is 0 Å². The second-order valence-corrected chi connectivity index (χ2v) is 5.27. The van der Waals surface area contributed by atoms with Crippen molar-refractivity contribution in [1.29, 1.82) is 0 Å². The third-order valence-electron chi connectivity index (χ3n) is 3.90. The lowest BCUT2D eigenvalue weighted by molar-refractivity contribution is 0.415. The smallest absolute Gasteiger partial charge is 0.278 e. The van der Waals surface area contributed by atoms with Gasteiger partial charge in [-0.25, -0.2) is 4.98 Å². The van der Waals surface area contributed by atoms with Crippen molar-refractivity contribution in [2.75, 3.05) is 5.73 Å². The zero-order valence-corrected chi connectivity index (χ0v) is 11.4. The maximum atomic E-state index is 5.89. The molecule has 1 aliphatic rings.